The first kappa shape index (κ1) is 26.1. The number of hydrogen-bond acceptors (Lipinski definition) is 3. The van der Waals surface area contributed by atoms with Gasteiger partial charge in [-0.3, -0.25) is 4.79 Å². The van der Waals surface area contributed by atoms with Crippen molar-refractivity contribution < 1.29 is 19.5 Å². The first-order valence-corrected chi connectivity index (χ1v) is 12.6. The van der Waals surface area contributed by atoms with Crippen LogP contribution in [0.25, 0.3) is 10.8 Å². The Labute approximate surface area is 223 Å². The standard InChI is InChI=1S/C26H24Cl3N3O4/c27-17-13-19(28)22(20(29)14-17)31-25(36)30-21-12-16-8-4-3-7-15(16)11-18(21)23(33)32-26(24(34)35)9-5-1-2-6-10-26/h3-4,7-8,11-14H,1-2,5-6,9-10H2,(H,32,33)(H,34,35)(H2,30,31,36). The molecule has 0 aromatic heterocycles. The van der Waals surface area contributed by atoms with Gasteiger partial charge >= 0.3 is 12.0 Å². The second-order valence-electron chi connectivity index (χ2n) is 8.82. The Morgan fingerprint density at radius 1 is 0.806 bits per heavy atom. The average molecular weight is 549 g/mol. The lowest BCUT2D eigenvalue weighted by Gasteiger charge is -2.29. The van der Waals surface area contributed by atoms with Crippen molar-refractivity contribution in [1.82, 2.24) is 5.32 Å². The molecule has 1 aliphatic carbocycles. The maximum absolute atomic E-state index is 13.5. The van der Waals surface area contributed by atoms with Crippen molar-refractivity contribution in [3.05, 3.63) is 69.2 Å². The highest BCUT2D eigenvalue weighted by atomic mass is 35.5. The maximum Gasteiger partial charge on any atom is 0.329 e. The molecule has 0 atom stereocenters. The van der Waals surface area contributed by atoms with Gasteiger partial charge < -0.3 is 21.1 Å². The molecule has 0 spiro atoms. The Bertz CT molecular complexity index is 1310. The topological polar surface area (TPSA) is 108 Å². The molecule has 10 heteroatoms. The van der Waals surface area contributed by atoms with Gasteiger partial charge in [0.25, 0.3) is 5.91 Å². The number of carbonyl (C=O) groups excluding carboxylic acids is 2. The van der Waals surface area contributed by atoms with E-state index in [1.54, 1.807) is 12.1 Å². The number of benzene rings is 3. The van der Waals surface area contributed by atoms with Crippen LogP contribution in [0.4, 0.5) is 16.2 Å². The molecule has 7 nitrogen and oxygen atoms in total. The third-order valence-electron chi connectivity index (χ3n) is 6.34. The van der Waals surface area contributed by atoms with Gasteiger partial charge in [-0.05, 0) is 47.9 Å². The lowest BCUT2D eigenvalue weighted by molar-refractivity contribution is -0.145. The van der Waals surface area contributed by atoms with Crippen molar-refractivity contribution in [2.75, 3.05) is 10.6 Å². The molecule has 1 saturated carbocycles. The van der Waals surface area contributed by atoms with Crippen LogP contribution in [-0.2, 0) is 4.79 Å². The molecule has 0 saturated heterocycles. The van der Waals surface area contributed by atoms with Crippen molar-refractivity contribution in [2.24, 2.45) is 0 Å². The number of fused-ring (bicyclic) bond motifs is 1. The molecule has 188 valence electrons. The predicted molar refractivity (Wildman–Crippen MR) is 144 cm³/mol. The lowest BCUT2D eigenvalue weighted by Crippen LogP contribution is -2.54. The molecular formula is C26H24Cl3N3O4. The number of halogens is 3. The van der Waals surface area contributed by atoms with Crippen molar-refractivity contribution >= 4 is 74.9 Å². The molecule has 4 rings (SSSR count). The summed E-state index contributed by atoms with van der Waals surface area (Å²) in [6, 6.07) is 12.8. The fourth-order valence-electron chi connectivity index (χ4n) is 4.47. The first-order valence-electron chi connectivity index (χ1n) is 11.5. The van der Waals surface area contributed by atoms with Crippen LogP contribution >= 0.6 is 34.8 Å². The van der Waals surface area contributed by atoms with E-state index in [9.17, 15) is 19.5 Å². The fraction of sp³-hybridized carbons (Fsp3) is 0.269. The molecule has 3 aromatic rings. The summed E-state index contributed by atoms with van der Waals surface area (Å²) in [5, 5.41) is 20.2. The first-order chi connectivity index (χ1) is 17.2. The number of hydrogen-bond donors (Lipinski definition) is 4. The van der Waals surface area contributed by atoms with Gasteiger partial charge in [-0.15, -0.1) is 0 Å². The summed E-state index contributed by atoms with van der Waals surface area (Å²) < 4.78 is 0. The van der Waals surface area contributed by atoms with Gasteiger partial charge in [0, 0.05) is 5.02 Å². The Balaban J connectivity index is 1.66. The SMILES string of the molecule is O=C(Nc1cc2ccccc2cc1C(=O)NC1(C(=O)O)CCCCCC1)Nc1c(Cl)cc(Cl)cc1Cl. The van der Waals surface area contributed by atoms with E-state index in [4.69, 9.17) is 34.8 Å². The molecular weight excluding hydrogens is 525 g/mol. The van der Waals surface area contributed by atoms with E-state index >= 15 is 0 Å². The maximum atomic E-state index is 13.5. The number of carboxylic acid groups (broad SMARTS) is 1. The number of anilines is 2. The summed E-state index contributed by atoms with van der Waals surface area (Å²) in [5.41, 5.74) is -0.847. The van der Waals surface area contributed by atoms with E-state index in [-0.39, 0.29) is 27.0 Å². The minimum atomic E-state index is -1.36. The minimum Gasteiger partial charge on any atom is -0.480 e. The second-order valence-corrected chi connectivity index (χ2v) is 10.1. The summed E-state index contributed by atoms with van der Waals surface area (Å²) >= 11 is 18.3. The van der Waals surface area contributed by atoms with Gasteiger partial charge in [-0.1, -0.05) is 84.8 Å². The largest absolute Gasteiger partial charge is 0.480 e. The van der Waals surface area contributed by atoms with Crippen molar-refractivity contribution in [2.45, 2.75) is 44.1 Å². The zero-order valence-corrected chi connectivity index (χ0v) is 21.4. The van der Waals surface area contributed by atoms with Gasteiger partial charge in [-0.2, -0.15) is 0 Å². The smallest absolute Gasteiger partial charge is 0.329 e. The van der Waals surface area contributed by atoms with Crippen LogP contribution in [0.2, 0.25) is 15.1 Å². The summed E-state index contributed by atoms with van der Waals surface area (Å²) in [6.07, 6.45) is 3.95. The van der Waals surface area contributed by atoms with E-state index in [0.717, 1.165) is 23.6 Å². The second kappa shape index (κ2) is 10.9. The van der Waals surface area contributed by atoms with Gasteiger partial charge in [0.05, 0.1) is 27.0 Å². The molecule has 4 N–H and O–H groups in total. The van der Waals surface area contributed by atoms with Crippen molar-refractivity contribution in [3.63, 3.8) is 0 Å². The number of amides is 3. The highest BCUT2D eigenvalue weighted by Gasteiger charge is 2.40. The normalized spacial score (nSPS) is 15.1. The number of carboxylic acids is 1. The molecule has 0 radical (unpaired) electrons. The molecule has 0 aliphatic heterocycles. The van der Waals surface area contributed by atoms with Crippen LogP contribution in [0.15, 0.2) is 48.5 Å². The Kier molecular flexibility index (Phi) is 7.93. The molecule has 3 aromatic carbocycles. The number of nitrogens with one attached hydrogen (secondary N) is 3. The Morgan fingerprint density at radius 2 is 1.39 bits per heavy atom. The lowest BCUT2D eigenvalue weighted by atomic mass is 9.89. The summed E-state index contributed by atoms with van der Waals surface area (Å²) in [4.78, 5) is 38.6. The highest BCUT2D eigenvalue weighted by Crippen LogP contribution is 2.34. The third kappa shape index (κ3) is 5.69. The van der Waals surface area contributed by atoms with Gasteiger partial charge in [-0.25, -0.2) is 9.59 Å². The Morgan fingerprint density at radius 3 is 1.97 bits per heavy atom. The highest BCUT2D eigenvalue weighted by molar-refractivity contribution is 6.42. The molecule has 1 fully saturated rings. The van der Waals surface area contributed by atoms with Crippen LogP contribution < -0.4 is 16.0 Å². The van der Waals surface area contributed by atoms with Crippen LogP contribution in [0.5, 0.6) is 0 Å². The average Bonchev–Trinajstić information content (AvgIpc) is 3.07. The van der Waals surface area contributed by atoms with Gasteiger partial charge in [0.2, 0.25) is 0 Å². The molecule has 36 heavy (non-hydrogen) atoms. The quantitative estimate of drug-likeness (QED) is 0.250. The number of rotatable bonds is 5. The molecule has 0 bridgehead atoms. The number of carbonyl (C=O) groups is 3. The number of aliphatic carboxylic acids is 1. The van der Waals surface area contributed by atoms with E-state index in [1.165, 1.54) is 12.1 Å². The Hall–Kier alpha value is -3.00. The van der Waals surface area contributed by atoms with Crippen LogP contribution in [0, 0.1) is 0 Å². The van der Waals surface area contributed by atoms with Crippen LogP contribution in [0.3, 0.4) is 0 Å². The molecule has 1 aliphatic rings. The monoisotopic (exact) mass is 547 g/mol. The molecule has 0 unspecified atom stereocenters. The van der Waals surface area contributed by atoms with Crippen molar-refractivity contribution in [1.29, 1.82) is 0 Å². The summed E-state index contributed by atoms with van der Waals surface area (Å²) in [5.74, 6) is -1.64. The van der Waals surface area contributed by atoms with Gasteiger partial charge in [0.15, 0.2) is 0 Å². The van der Waals surface area contributed by atoms with E-state index < -0.39 is 23.4 Å². The third-order valence-corrected chi connectivity index (χ3v) is 7.16. The van der Waals surface area contributed by atoms with E-state index in [0.29, 0.717) is 30.7 Å². The molecule has 0 heterocycles. The van der Waals surface area contributed by atoms with E-state index in [1.807, 2.05) is 24.3 Å². The predicted octanol–water partition coefficient (Wildman–Crippen LogP) is 7.35. The zero-order valence-electron chi connectivity index (χ0n) is 19.2. The molecule has 3 amide bonds. The summed E-state index contributed by atoms with van der Waals surface area (Å²) in [6.45, 7) is 0. The minimum absolute atomic E-state index is 0.141. The van der Waals surface area contributed by atoms with Gasteiger partial charge in [0.1, 0.15) is 5.54 Å². The van der Waals surface area contributed by atoms with Crippen molar-refractivity contribution in [3.8, 4) is 0 Å². The van der Waals surface area contributed by atoms with Crippen LogP contribution in [0.1, 0.15) is 48.9 Å². The summed E-state index contributed by atoms with van der Waals surface area (Å²) in [7, 11) is 0. The zero-order chi connectivity index (χ0) is 25.9. The fourth-order valence-corrected chi connectivity index (χ4v) is 5.38. The number of urea groups is 1. The van der Waals surface area contributed by atoms with Crippen LogP contribution in [-0.4, -0.2) is 28.6 Å². The van der Waals surface area contributed by atoms with E-state index in [2.05, 4.69) is 16.0 Å².